The second-order valence-electron chi connectivity index (χ2n) is 11.2. The van der Waals surface area contributed by atoms with Crippen molar-refractivity contribution < 1.29 is 23.6 Å². The van der Waals surface area contributed by atoms with Gasteiger partial charge in [-0.1, -0.05) is 31.4 Å². The van der Waals surface area contributed by atoms with Crippen LogP contribution in [0.3, 0.4) is 0 Å². The molecule has 4 fully saturated rings. The summed E-state index contributed by atoms with van der Waals surface area (Å²) in [5.41, 5.74) is -0.696. The first-order valence-electron chi connectivity index (χ1n) is 12.7. The second kappa shape index (κ2) is 8.20. The highest BCUT2D eigenvalue weighted by molar-refractivity contribution is 8.01. The number of ether oxygens (including phenoxy) is 2. The maximum absolute atomic E-state index is 14.8. The first kappa shape index (κ1) is 23.3. The van der Waals surface area contributed by atoms with Crippen molar-refractivity contribution in [3.05, 3.63) is 29.3 Å². The molecular formula is C26H34ClNO5S. The largest absolute Gasteiger partial charge is 0.452 e. The number of benzene rings is 1. The average Bonchev–Trinajstić information content (AvgIpc) is 3.73. The predicted molar refractivity (Wildman–Crippen MR) is 131 cm³/mol. The van der Waals surface area contributed by atoms with Crippen LogP contribution in [0.15, 0.2) is 29.2 Å². The topological polar surface area (TPSA) is 76.1 Å². The first-order chi connectivity index (χ1) is 16.3. The molecule has 34 heavy (non-hydrogen) atoms. The third-order valence-electron chi connectivity index (χ3n) is 8.67. The lowest BCUT2D eigenvalue weighted by Crippen LogP contribution is -2.58. The van der Waals surface area contributed by atoms with Crippen LogP contribution < -0.4 is 0 Å². The maximum Gasteiger partial charge on any atom is 0.306 e. The molecule has 3 aliphatic carbocycles. The molecule has 5 aliphatic rings. The molecular weight excluding hydrogens is 474 g/mol. The van der Waals surface area contributed by atoms with Crippen LogP contribution in [0.4, 0.5) is 0 Å². The van der Waals surface area contributed by atoms with Crippen molar-refractivity contribution >= 4 is 32.1 Å². The van der Waals surface area contributed by atoms with Crippen molar-refractivity contribution in [1.82, 2.24) is 4.31 Å². The van der Waals surface area contributed by atoms with Gasteiger partial charge in [-0.2, -0.15) is 0 Å². The standard InChI is InChI=1S/C26H34ClNO5S/c1-25(13-22(25)29)12-4-2-3-5-24(30)33-26-14-23(26)34(31,19-10-8-18(27)9-11-19)28-20(17-6-7-17)15-32-16-21(26)28/h8-11,17,20-22,29H,2-7,12-16H2,1H3/t20-,21+,22-,25?,26?,34?/m0/s1. The van der Waals surface area contributed by atoms with Gasteiger partial charge in [0.2, 0.25) is 0 Å². The van der Waals surface area contributed by atoms with Gasteiger partial charge in [0, 0.05) is 28.8 Å². The van der Waals surface area contributed by atoms with Crippen molar-refractivity contribution in [3.63, 3.8) is 0 Å². The van der Waals surface area contributed by atoms with Crippen LogP contribution in [0.2, 0.25) is 5.02 Å². The van der Waals surface area contributed by atoms with Crippen LogP contribution in [0, 0.1) is 11.3 Å². The number of aliphatic hydroxyl groups is 1. The zero-order chi connectivity index (χ0) is 23.7. The minimum absolute atomic E-state index is 0.0889. The van der Waals surface area contributed by atoms with E-state index in [-0.39, 0.29) is 29.6 Å². The van der Waals surface area contributed by atoms with Crippen molar-refractivity contribution in [3.8, 4) is 0 Å². The van der Waals surface area contributed by atoms with Crippen molar-refractivity contribution in [2.45, 2.75) is 93.4 Å². The normalized spacial score (nSPS) is 40.6. The molecule has 3 unspecified atom stereocenters. The lowest BCUT2D eigenvalue weighted by molar-refractivity contribution is -0.156. The van der Waals surface area contributed by atoms with E-state index in [1.807, 2.05) is 12.1 Å². The lowest BCUT2D eigenvalue weighted by Gasteiger charge is -2.43. The first-order valence-corrected chi connectivity index (χ1v) is 14.6. The molecule has 2 heterocycles. The summed E-state index contributed by atoms with van der Waals surface area (Å²) in [4.78, 5) is 14.5. The summed E-state index contributed by atoms with van der Waals surface area (Å²) in [6, 6.07) is 7.22. The Bertz CT molecular complexity index is 1110. The SMILES string of the molecule is CC1(CCCCCC(=O)OC23CC2=S(=O)(c2ccc(Cl)cc2)N2[C@H](C4CC4)COC[C@@H]23)C[C@@H]1O. The second-order valence-corrected chi connectivity index (χ2v) is 14.1. The van der Waals surface area contributed by atoms with E-state index in [0.717, 1.165) is 54.7 Å². The average molecular weight is 508 g/mol. The summed E-state index contributed by atoms with van der Waals surface area (Å²) in [5, 5.41) is 10.3. The van der Waals surface area contributed by atoms with E-state index in [1.54, 1.807) is 12.1 Å². The fraction of sp³-hybridized carbons (Fsp3) is 0.692. The zero-order valence-electron chi connectivity index (χ0n) is 19.7. The fourth-order valence-electron chi connectivity index (χ4n) is 6.10. The van der Waals surface area contributed by atoms with E-state index in [2.05, 4.69) is 11.2 Å². The number of nitrogens with zero attached hydrogens (tertiary/aromatic N) is 1. The molecule has 0 bridgehead atoms. The molecule has 8 heteroatoms. The number of aliphatic hydroxyl groups excluding tert-OH is 1. The van der Waals surface area contributed by atoms with Crippen LogP contribution in [-0.2, 0) is 24.0 Å². The molecule has 1 aromatic carbocycles. The van der Waals surface area contributed by atoms with Gasteiger partial charge in [-0.05, 0) is 67.7 Å². The van der Waals surface area contributed by atoms with Gasteiger partial charge in [-0.3, -0.25) is 4.79 Å². The van der Waals surface area contributed by atoms with E-state index in [9.17, 15) is 14.1 Å². The number of morpholine rings is 1. The number of carbonyl (C=O) groups is 1. The molecule has 0 spiro atoms. The number of esters is 1. The highest BCUT2D eigenvalue weighted by Crippen LogP contribution is 2.56. The van der Waals surface area contributed by atoms with E-state index in [4.69, 9.17) is 21.1 Å². The maximum atomic E-state index is 14.8. The summed E-state index contributed by atoms with van der Waals surface area (Å²) in [6.07, 6.45) is 7.67. The van der Waals surface area contributed by atoms with Crippen LogP contribution in [-0.4, -0.2) is 61.5 Å². The minimum atomic E-state index is -2.65. The number of hydrogen-bond donors (Lipinski definition) is 1. The quantitative estimate of drug-likeness (QED) is 0.311. The molecule has 6 atom stereocenters. The molecule has 1 aromatic rings. The zero-order valence-corrected chi connectivity index (χ0v) is 21.3. The Hall–Kier alpha value is -1.12. The van der Waals surface area contributed by atoms with Gasteiger partial charge < -0.3 is 14.6 Å². The molecule has 1 N–H and O–H groups in total. The van der Waals surface area contributed by atoms with Crippen LogP contribution in [0.5, 0.6) is 0 Å². The Kier molecular flexibility index (Phi) is 5.62. The predicted octanol–water partition coefficient (Wildman–Crippen LogP) is 3.97. The number of fused-ring (bicyclic) bond motifs is 3. The highest BCUT2D eigenvalue weighted by atomic mass is 35.5. The summed E-state index contributed by atoms with van der Waals surface area (Å²) in [5.74, 6) is 0.287. The summed E-state index contributed by atoms with van der Waals surface area (Å²) in [6.45, 7) is 3.14. The molecule has 3 saturated carbocycles. The molecule has 6 rings (SSSR count). The Labute approximate surface area is 207 Å². The molecule has 1 saturated heterocycles. The van der Waals surface area contributed by atoms with Gasteiger partial charge in [0.25, 0.3) is 0 Å². The van der Waals surface area contributed by atoms with E-state index in [1.165, 1.54) is 0 Å². The minimum Gasteiger partial charge on any atom is -0.452 e. The molecule has 6 nitrogen and oxygen atoms in total. The summed E-state index contributed by atoms with van der Waals surface area (Å²) in [7, 11) is -2.65. The Morgan fingerprint density at radius 3 is 2.65 bits per heavy atom. The van der Waals surface area contributed by atoms with Gasteiger partial charge in [0.05, 0.1) is 39.9 Å². The Morgan fingerprint density at radius 2 is 1.97 bits per heavy atom. The molecule has 0 amide bonds. The van der Waals surface area contributed by atoms with Gasteiger partial charge in [0.15, 0.2) is 5.60 Å². The van der Waals surface area contributed by atoms with Crippen molar-refractivity contribution in [2.75, 3.05) is 13.2 Å². The molecule has 2 aliphatic heterocycles. The van der Waals surface area contributed by atoms with E-state index < -0.39 is 15.3 Å². The van der Waals surface area contributed by atoms with Gasteiger partial charge in [-0.25, -0.2) is 8.51 Å². The Balaban J connectivity index is 1.19. The molecule has 186 valence electrons. The number of hydrogen-bond acceptors (Lipinski definition) is 5. The van der Waals surface area contributed by atoms with Crippen molar-refractivity contribution in [2.24, 2.45) is 11.3 Å². The van der Waals surface area contributed by atoms with E-state index >= 15 is 0 Å². The Morgan fingerprint density at radius 1 is 1.24 bits per heavy atom. The highest BCUT2D eigenvalue weighted by Gasteiger charge is 2.72. The van der Waals surface area contributed by atoms with Gasteiger partial charge >= 0.3 is 5.97 Å². The third kappa shape index (κ3) is 3.74. The number of halogens is 1. The summed E-state index contributed by atoms with van der Waals surface area (Å²) >= 11 is 6.12. The van der Waals surface area contributed by atoms with Crippen LogP contribution in [0.1, 0.15) is 64.7 Å². The fourth-order valence-corrected chi connectivity index (χ4v) is 9.77. The smallest absolute Gasteiger partial charge is 0.306 e. The monoisotopic (exact) mass is 507 g/mol. The third-order valence-corrected chi connectivity index (χ3v) is 12.1. The van der Waals surface area contributed by atoms with Crippen molar-refractivity contribution in [1.29, 1.82) is 0 Å². The summed E-state index contributed by atoms with van der Waals surface area (Å²) < 4.78 is 29.1. The van der Waals surface area contributed by atoms with Gasteiger partial charge in [-0.15, -0.1) is 0 Å². The van der Waals surface area contributed by atoms with Gasteiger partial charge in [0.1, 0.15) is 0 Å². The van der Waals surface area contributed by atoms with Crippen LogP contribution in [0.25, 0.3) is 0 Å². The lowest BCUT2D eigenvalue weighted by atomic mass is 10.00. The molecule has 0 aromatic heterocycles. The molecule has 0 radical (unpaired) electrons. The van der Waals surface area contributed by atoms with Crippen LogP contribution >= 0.6 is 11.6 Å². The number of rotatable bonds is 9. The number of carbonyl (C=O) groups excluding carboxylic acids is 1. The number of unbranched alkanes of at least 4 members (excludes halogenated alkanes) is 2. The van der Waals surface area contributed by atoms with E-state index in [0.29, 0.717) is 37.0 Å².